The monoisotopic (exact) mass is 383 g/mol. The van der Waals surface area contributed by atoms with Crippen molar-refractivity contribution < 1.29 is 21.9 Å². The molecule has 1 aromatic carbocycles. The largest absolute Gasteiger partial charge is 0.459 e. The summed E-state index contributed by atoms with van der Waals surface area (Å²) in [6, 6.07) is 2.61. The van der Waals surface area contributed by atoms with Crippen LogP contribution in [0.3, 0.4) is 0 Å². The van der Waals surface area contributed by atoms with Gasteiger partial charge in [0.15, 0.2) is 0 Å². The third kappa shape index (κ3) is 3.99. The van der Waals surface area contributed by atoms with E-state index >= 15 is 0 Å². The fourth-order valence-corrected chi connectivity index (χ4v) is 4.33. The maximum Gasteiger partial charge on any atom is 0.316 e. The maximum absolute atomic E-state index is 13.9. The molecule has 0 saturated carbocycles. The number of halogens is 2. The van der Waals surface area contributed by atoms with Gasteiger partial charge >= 0.3 is 6.01 Å². The van der Waals surface area contributed by atoms with Gasteiger partial charge < -0.3 is 4.74 Å². The van der Waals surface area contributed by atoms with E-state index in [1.807, 2.05) is 6.92 Å². The molecule has 1 fully saturated rings. The average Bonchev–Trinajstić information content (AvgIpc) is 2.62. The fourth-order valence-electron chi connectivity index (χ4n) is 2.78. The van der Waals surface area contributed by atoms with E-state index < -0.39 is 32.7 Å². The van der Waals surface area contributed by atoms with Crippen LogP contribution in [0.5, 0.6) is 6.01 Å². The number of nitrogens with zero attached hydrogens (tertiary/aromatic N) is 3. The van der Waals surface area contributed by atoms with Crippen LogP contribution in [0.1, 0.15) is 25.3 Å². The lowest BCUT2D eigenvalue weighted by atomic mass is 10.1. The molecule has 1 aliphatic rings. The molecule has 26 heavy (non-hydrogen) atoms. The van der Waals surface area contributed by atoms with Gasteiger partial charge in [0.2, 0.25) is 10.0 Å². The average molecular weight is 383 g/mol. The Morgan fingerprint density at radius 1 is 1.27 bits per heavy atom. The summed E-state index contributed by atoms with van der Waals surface area (Å²) in [5.74, 6) is -1.93. The second-order valence-corrected chi connectivity index (χ2v) is 7.95. The van der Waals surface area contributed by atoms with E-state index in [0.29, 0.717) is 18.9 Å². The lowest BCUT2D eigenvalue weighted by Crippen LogP contribution is -2.44. The predicted molar refractivity (Wildman–Crippen MR) is 90.2 cm³/mol. The summed E-state index contributed by atoms with van der Waals surface area (Å²) in [7, 11) is -4.07. The van der Waals surface area contributed by atoms with E-state index in [4.69, 9.17) is 4.74 Å². The van der Waals surface area contributed by atoms with E-state index in [9.17, 15) is 17.2 Å². The molecule has 0 bridgehead atoms. The van der Waals surface area contributed by atoms with Crippen molar-refractivity contribution in [1.29, 1.82) is 0 Å². The Balaban J connectivity index is 1.74. The zero-order valence-corrected chi connectivity index (χ0v) is 15.0. The molecular formula is C17H19F2N3O3S. The van der Waals surface area contributed by atoms with E-state index in [1.54, 1.807) is 12.4 Å². The molecule has 3 rings (SSSR count). The molecule has 9 heteroatoms. The normalized spacial score (nSPS) is 18.7. The van der Waals surface area contributed by atoms with Crippen LogP contribution in [0, 0.1) is 11.6 Å². The standard InChI is InChI=1S/C17H19F2N3O3S/c1-2-12-9-20-17(21-10-12)25-14-4-3-7-22(11-14)26(23,24)16-6-5-13(18)8-15(16)19/h5-6,8-10,14H,2-4,7,11H2,1H3. The van der Waals surface area contributed by atoms with Gasteiger partial charge in [0.1, 0.15) is 22.6 Å². The number of aryl methyl sites for hydroxylation is 1. The molecule has 140 valence electrons. The number of benzene rings is 1. The molecule has 1 saturated heterocycles. The summed E-state index contributed by atoms with van der Waals surface area (Å²) in [5.41, 5.74) is 0.969. The highest BCUT2D eigenvalue weighted by Gasteiger charge is 2.33. The molecule has 6 nitrogen and oxygen atoms in total. The number of ether oxygens (including phenoxy) is 1. The topological polar surface area (TPSA) is 72.4 Å². The zero-order chi connectivity index (χ0) is 18.7. The van der Waals surface area contributed by atoms with E-state index in [2.05, 4.69) is 9.97 Å². The van der Waals surface area contributed by atoms with Crippen LogP contribution in [0.2, 0.25) is 0 Å². The number of hydrogen-bond acceptors (Lipinski definition) is 5. The first-order valence-electron chi connectivity index (χ1n) is 8.33. The Morgan fingerprint density at radius 3 is 2.65 bits per heavy atom. The van der Waals surface area contributed by atoms with Crippen LogP contribution in [-0.4, -0.2) is 41.9 Å². The van der Waals surface area contributed by atoms with Crippen molar-refractivity contribution >= 4 is 10.0 Å². The first kappa shape index (κ1) is 18.7. The van der Waals surface area contributed by atoms with Crippen molar-refractivity contribution in [2.24, 2.45) is 0 Å². The van der Waals surface area contributed by atoms with Gasteiger partial charge in [0.05, 0.1) is 6.54 Å². The van der Waals surface area contributed by atoms with Gasteiger partial charge in [0, 0.05) is 25.0 Å². The lowest BCUT2D eigenvalue weighted by Gasteiger charge is -2.31. The second-order valence-electron chi connectivity index (χ2n) is 6.05. The molecule has 1 aliphatic heterocycles. The third-order valence-corrected chi connectivity index (χ3v) is 6.11. The van der Waals surface area contributed by atoms with Crippen molar-refractivity contribution in [3.8, 4) is 6.01 Å². The van der Waals surface area contributed by atoms with Gasteiger partial charge in [-0.2, -0.15) is 4.31 Å². The first-order valence-corrected chi connectivity index (χ1v) is 9.77. The van der Waals surface area contributed by atoms with Crippen molar-refractivity contribution in [3.63, 3.8) is 0 Å². The molecule has 1 unspecified atom stereocenters. The van der Waals surface area contributed by atoms with Crippen LogP contribution in [0.25, 0.3) is 0 Å². The van der Waals surface area contributed by atoms with Crippen molar-refractivity contribution in [2.75, 3.05) is 13.1 Å². The summed E-state index contributed by atoms with van der Waals surface area (Å²) in [4.78, 5) is 7.68. The van der Waals surface area contributed by atoms with Crippen LogP contribution in [-0.2, 0) is 16.4 Å². The lowest BCUT2D eigenvalue weighted by molar-refractivity contribution is 0.119. The van der Waals surface area contributed by atoms with Crippen molar-refractivity contribution in [2.45, 2.75) is 37.2 Å². The van der Waals surface area contributed by atoms with Crippen LogP contribution in [0.4, 0.5) is 8.78 Å². The second kappa shape index (κ2) is 7.63. The highest BCUT2D eigenvalue weighted by atomic mass is 32.2. The van der Waals surface area contributed by atoms with Gasteiger partial charge in [-0.25, -0.2) is 27.2 Å². The predicted octanol–water partition coefficient (Wildman–Crippen LogP) is 2.55. The molecule has 0 aliphatic carbocycles. The Hall–Kier alpha value is -2.13. The van der Waals surface area contributed by atoms with E-state index in [-0.39, 0.29) is 19.1 Å². The maximum atomic E-state index is 13.9. The molecule has 0 spiro atoms. The van der Waals surface area contributed by atoms with E-state index in [1.165, 1.54) is 0 Å². The SMILES string of the molecule is CCc1cnc(OC2CCCN(S(=O)(=O)c3ccc(F)cc3F)C2)nc1. The highest BCUT2D eigenvalue weighted by molar-refractivity contribution is 7.89. The smallest absolute Gasteiger partial charge is 0.316 e. The summed E-state index contributed by atoms with van der Waals surface area (Å²) in [6.07, 6.45) is 4.88. The number of aromatic nitrogens is 2. The Bertz CT molecular complexity index is 875. The Kier molecular flexibility index (Phi) is 5.47. The molecule has 2 aromatic rings. The molecule has 0 radical (unpaired) electrons. The third-order valence-electron chi connectivity index (χ3n) is 4.21. The highest BCUT2D eigenvalue weighted by Crippen LogP contribution is 2.24. The molecule has 0 amide bonds. The molecule has 1 atom stereocenters. The molecule has 2 heterocycles. The number of rotatable bonds is 5. The molecular weight excluding hydrogens is 364 g/mol. The Morgan fingerprint density at radius 2 is 2.00 bits per heavy atom. The number of piperidine rings is 1. The van der Waals surface area contributed by atoms with Crippen LogP contribution >= 0.6 is 0 Å². The minimum absolute atomic E-state index is 0.0536. The van der Waals surface area contributed by atoms with Gasteiger partial charge in [-0.15, -0.1) is 0 Å². The van der Waals surface area contributed by atoms with E-state index in [0.717, 1.165) is 28.4 Å². The van der Waals surface area contributed by atoms with Gasteiger partial charge in [-0.1, -0.05) is 6.92 Å². The molecule has 0 N–H and O–H groups in total. The zero-order valence-electron chi connectivity index (χ0n) is 14.2. The quantitative estimate of drug-likeness (QED) is 0.793. The van der Waals surface area contributed by atoms with Crippen molar-refractivity contribution in [1.82, 2.24) is 14.3 Å². The summed E-state index contributed by atoms with van der Waals surface area (Å²) < 4.78 is 59.2. The van der Waals surface area contributed by atoms with Gasteiger partial charge in [-0.3, -0.25) is 0 Å². The van der Waals surface area contributed by atoms with Gasteiger partial charge in [-0.05, 0) is 37.0 Å². The minimum Gasteiger partial charge on any atom is -0.459 e. The van der Waals surface area contributed by atoms with Crippen LogP contribution in [0.15, 0.2) is 35.5 Å². The molecule has 1 aromatic heterocycles. The summed E-state index contributed by atoms with van der Waals surface area (Å²) in [6.45, 7) is 2.28. The van der Waals surface area contributed by atoms with Crippen molar-refractivity contribution in [3.05, 3.63) is 47.8 Å². The number of hydrogen-bond donors (Lipinski definition) is 0. The summed E-state index contributed by atoms with van der Waals surface area (Å²) in [5, 5.41) is 0. The summed E-state index contributed by atoms with van der Waals surface area (Å²) >= 11 is 0. The van der Waals surface area contributed by atoms with Gasteiger partial charge in [0.25, 0.3) is 0 Å². The first-order chi connectivity index (χ1) is 12.4. The number of sulfonamides is 1. The minimum atomic E-state index is -4.07. The fraction of sp³-hybridized carbons (Fsp3) is 0.412. The van der Waals surface area contributed by atoms with Crippen LogP contribution < -0.4 is 4.74 Å². The Labute approximate surface area is 150 Å².